The number of carbonyl (C=O) groups is 2. The van der Waals surface area contributed by atoms with Crippen LogP contribution in [-0.4, -0.2) is 65.4 Å². The van der Waals surface area contributed by atoms with E-state index in [0.29, 0.717) is 62.6 Å². The zero-order valence-electron chi connectivity index (χ0n) is 23.0. The molecule has 41 heavy (non-hydrogen) atoms. The molecule has 4 aromatic heterocycles. The molecule has 0 aliphatic carbocycles. The first-order valence-electron chi connectivity index (χ1n) is 13.7. The highest BCUT2D eigenvalue weighted by molar-refractivity contribution is 6.05. The highest BCUT2D eigenvalue weighted by Crippen LogP contribution is 2.22. The lowest BCUT2D eigenvalue weighted by Gasteiger charge is -2.19. The van der Waals surface area contributed by atoms with Crippen LogP contribution in [-0.2, 0) is 17.9 Å². The molecular weight excluding hydrogens is 531 g/mol. The Morgan fingerprint density at radius 2 is 1.85 bits per heavy atom. The fourth-order valence-electron chi connectivity index (χ4n) is 5.04. The van der Waals surface area contributed by atoms with Crippen molar-refractivity contribution >= 4 is 28.8 Å². The lowest BCUT2D eigenvalue weighted by molar-refractivity contribution is -0.127. The number of amides is 2. The number of hydrogen-bond donors (Lipinski definition) is 1. The van der Waals surface area contributed by atoms with E-state index in [1.165, 1.54) is 32.5 Å². The maximum atomic E-state index is 13.4. The Kier molecular flexibility index (Phi) is 8.04. The van der Waals surface area contributed by atoms with Crippen LogP contribution >= 0.6 is 0 Å². The molecular formula is C28H31FN8O4. The minimum atomic E-state index is -0.674. The molecule has 1 fully saturated rings. The van der Waals surface area contributed by atoms with Gasteiger partial charge >= 0.3 is 5.69 Å². The fourth-order valence-corrected chi connectivity index (χ4v) is 5.04. The van der Waals surface area contributed by atoms with Crippen molar-refractivity contribution in [1.82, 2.24) is 34.0 Å². The van der Waals surface area contributed by atoms with Gasteiger partial charge in [-0.15, -0.1) is 0 Å². The predicted molar refractivity (Wildman–Crippen MR) is 150 cm³/mol. The number of imidazole rings is 1. The molecule has 4 aromatic rings. The molecule has 1 N–H and O–H groups in total. The van der Waals surface area contributed by atoms with Crippen molar-refractivity contribution in [3.8, 4) is 11.4 Å². The summed E-state index contributed by atoms with van der Waals surface area (Å²) < 4.78 is 15.9. The van der Waals surface area contributed by atoms with Gasteiger partial charge in [0.15, 0.2) is 5.65 Å². The van der Waals surface area contributed by atoms with E-state index in [1.54, 1.807) is 24.0 Å². The van der Waals surface area contributed by atoms with Crippen molar-refractivity contribution in [1.29, 1.82) is 0 Å². The minimum absolute atomic E-state index is 0.105. The summed E-state index contributed by atoms with van der Waals surface area (Å²) >= 11 is 0. The maximum absolute atomic E-state index is 13.4. The van der Waals surface area contributed by atoms with Crippen molar-refractivity contribution < 1.29 is 14.0 Å². The Bertz CT molecular complexity index is 1690. The Morgan fingerprint density at radius 3 is 2.49 bits per heavy atom. The van der Waals surface area contributed by atoms with Crippen molar-refractivity contribution in [2.24, 2.45) is 0 Å². The molecule has 13 heteroatoms. The van der Waals surface area contributed by atoms with E-state index >= 15 is 0 Å². The number of nitrogens with one attached hydrogen (secondary N) is 1. The van der Waals surface area contributed by atoms with Crippen LogP contribution in [0.4, 0.5) is 10.2 Å². The van der Waals surface area contributed by atoms with E-state index in [2.05, 4.69) is 19.9 Å². The summed E-state index contributed by atoms with van der Waals surface area (Å²) in [6.07, 6.45) is 5.24. The first-order valence-corrected chi connectivity index (χ1v) is 13.7. The first kappa shape index (κ1) is 27.9. The van der Waals surface area contributed by atoms with Gasteiger partial charge in [-0.05, 0) is 50.5 Å². The standard InChI is InChI=1S/C28H31FN8O4/c1-3-12-36-25-23(27(40)37(28(36)41)15-6-14-34-13-5-7-22(34)38)32-24(33-25)18-9-11-21(31-16-18)35(4-2)26(39)19-8-10-20(29)30-17-19/h8-11,16-17H,3-7,12-15H2,1-2H3,(H,32,33). The number of hydrogen-bond acceptors (Lipinski definition) is 7. The predicted octanol–water partition coefficient (Wildman–Crippen LogP) is 2.57. The van der Waals surface area contributed by atoms with Gasteiger partial charge in [-0.2, -0.15) is 4.39 Å². The van der Waals surface area contributed by atoms with Gasteiger partial charge in [0, 0.05) is 57.1 Å². The number of aryl methyl sites for hydroxylation is 1. The normalized spacial score (nSPS) is 13.3. The molecule has 0 aromatic carbocycles. The van der Waals surface area contributed by atoms with Crippen LogP contribution in [0.5, 0.6) is 0 Å². The topological polar surface area (TPSA) is 139 Å². The second-order valence-electron chi connectivity index (χ2n) is 9.84. The van der Waals surface area contributed by atoms with Crippen LogP contribution in [0.1, 0.15) is 49.9 Å². The summed E-state index contributed by atoms with van der Waals surface area (Å²) in [7, 11) is 0. The molecule has 1 saturated heterocycles. The Morgan fingerprint density at radius 1 is 1.02 bits per heavy atom. The summed E-state index contributed by atoms with van der Waals surface area (Å²) in [5.74, 6) is -0.205. The van der Waals surface area contributed by atoms with Crippen molar-refractivity contribution in [3.05, 3.63) is 69.0 Å². The van der Waals surface area contributed by atoms with Gasteiger partial charge in [0.2, 0.25) is 11.9 Å². The Labute approximate surface area is 234 Å². The van der Waals surface area contributed by atoms with E-state index in [9.17, 15) is 23.6 Å². The van der Waals surface area contributed by atoms with Gasteiger partial charge in [-0.25, -0.2) is 19.7 Å². The molecule has 0 spiro atoms. The molecule has 0 radical (unpaired) electrons. The molecule has 0 saturated carbocycles. The number of carbonyl (C=O) groups excluding carboxylic acids is 2. The van der Waals surface area contributed by atoms with Crippen molar-refractivity contribution in [2.75, 3.05) is 24.5 Å². The number of nitrogens with zero attached hydrogens (tertiary/aromatic N) is 7. The lowest BCUT2D eigenvalue weighted by Crippen LogP contribution is -2.41. The summed E-state index contributed by atoms with van der Waals surface area (Å²) in [4.78, 5) is 70.4. The van der Waals surface area contributed by atoms with E-state index < -0.39 is 17.2 Å². The number of fused-ring (bicyclic) bond motifs is 1. The highest BCUT2D eigenvalue weighted by Gasteiger charge is 2.22. The van der Waals surface area contributed by atoms with E-state index in [1.807, 2.05) is 6.92 Å². The van der Waals surface area contributed by atoms with E-state index in [4.69, 9.17) is 0 Å². The lowest BCUT2D eigenvalue weighted by atomic mass is 10.2. The van der Waals surface area contributed by atoms with Gasteiger partial charge in [-0.3, -0.25) is 28.4 Å². The number of halogens is 1. The third-order valence-electron chi connectivity index (χ3n) is 7.12. The second kappa shape index (κ2) is 11.8. The van der Waals surface area contributed by atoms with Gasteiger partial charge in [0.05, 0.1) is 5.56 Å². The Hall–Kier alpha value is -4.68. The molecule has 2 amide bonds. The smallest absolute Gasteiger partial charge is 0.332 e. The fraction of sp³-hybridized carbons (Fsp3) is 0.393. The molecule has 5 rings (SSSR count). The Balaban J connectivity index is 1.43. The number of aromatic nitrogens is 6. The highest BCUT2D eigenvalue weighted by atomic mass is 19.1. The SMILES string of the molecule is CCCn1c(=O)n(CCCN2CCCC2=O)c(=O)c2[nH]c(-c3ccc(N(CC)C(=O)c4ccc(F)nc4)nc3)nc21. The van der Waals surface area contributed by atoms with Gasteiger partial charge in [0.1, 0.15) is 17.2 Å². The summed E-state index contributed by atoms with van der Waals surface area (Å²) in [6.45, 7) is 5.83. The first-order chi connectivity index (χ1) is 19.8. The van der Waals surface area contributed by atoms with Crippen LogP contribution in [0.2, 0.25) is 0 Å². The largest absolute Gasteiger partial charge is 0.343 e. The monoisotopic (exact) mass is 562 g/mol. The summed E-state index contributed by atoms with van der Waals surface area (Å²) in [5.41, 5.74) is 0.365. The minimum Gasteiger partial charge on any atom is -0.343 e. The molecule has 0 atom stereocenters. The average molecular weight is 563 g/mol. The van der Waals surface area contributed by atoms with Crippen LogP contribution in [0, 0.1) is 5.95 Å². The maximum Gasteiger partial charge on any atom is 0.332 e. The zero-order chi connectivity index (χ0) is 29.1. The van der Waals surface area contributed by atoms with Gasteiger partial charge in [-0.1, -0.05) is 6.92 Å². The van der Waals surface area contributed by atoms with E-state index in [-0.39, 0.29) is 35.1 Å². The molecule has 12 nitrogen and oxygen atoms in total. The number of likely N-dealkylation sites (tertiary alicyclic amines) is 1. The van der Waals surface area contributed by atoms with Gasteiger partial charge < -0.3 is 9.88 Å². The summed E-state index contributed by atoms with van der Waals surface area (Å²) in [6, 6.07) is 5.86. The second-order valence-corrected chi connectivity index (χ2v) is 9.84. The molecule has 0 unspecified atom stereocenters. The number of rotatable bonds is 10. The molecule has 214 valence electrons. The van der Waals surface area contributed by atoms with Crippen LogP contribution in [0.25, 0.3) is 22.6 Å². The van der Waals surface area contributed by atoms with Crippen molar-refractivity contribution in [3.63, 3.8) is 0 Å². The average Bonchev–Trinajstić information content (AvgIpc) is 3.60. The molecule has 1 aliphatic rings. The van der Waals surface area contributed by atoms with Crippen LogP contribution in [0.15, 0.2) is 46.2 Å². The van der Waals surface area contributed by atoms with Gasteiger partial charge in [0.25, 0.3) is 11.5 Å². The van der Waals surface area contributed by atoms with E-state index in [0.717, 1.165) is 12.5 Å². The number of pyridine rings is 2. The zero-order valence-corrected chi connectivity index (χ0v) is 23.0. The molecule has 5 heterocycles. The third kappa shape index (κ3) is 5.52. The third-order valence-corrected chi connectivity index (χ3v) is 7.12. The quantitative estimate of drug-likeness (QED) is 0.293. The molecule has 1 aliphatic heterocycles. The van der Waals surface area contributed by atoms with Crippen molar-refractivity contribution in [2.45, 2.75) is 52.6 Å². The summed E-state index contributed by atoms with van der Waals surface area (Å²) in [5, 5.41) is 0. The number of aromatic amines is 1. The van der Waals surface area contributed by atoms with Crippen LogP contribution < -0.4 is 16.1 Å². The van der Waals surface area contributed by atoms with Crippen LogP contribution in [0.3, 0.4) is 0 Å². The number of H-pyrrole nitrogens is 1. The number of anilines is 1. The molecule has 0 bridgehead atoms.